The van der Waals surface area contributed by atoms with Gasteiger partial charge in [0.25, 0.3) is 0 Å². The van der Waals surface area contributed by atoms with Crippen molar-refractivity contribution in [2.24, 2.45) is 0 Å². The predicted molar refractivity (Wildman–Crippen MR) is 154 cm³/mol. The molecule has 0 bridgehead atoms. The van der Waals surface area contributed by atoms with Gasteiger partial charge >= 0.3 is 0 Å². The van der Waals surface area contributed by atoms with E-state index in [0.29, 0.717) is 11.8 Å². The number of hydrogen-bond acceptors (Lipinski definition) is 0. The molecule has 36 heavy (non-hydrogen) atoms. The molecule has 2 aliphatic rings. The summed E-state index contributed by atoms with van der Waals surface area (Å²) in [6, 6.07) is 28.9. The van der Waals surface area contributed by atoms with Gasteiger partial charge in [0, 0.05) is 11.8 Å². The molecule has 0 radical (unpaired) electrons. The summed E-state index contributed by atoms with van der Waals surface area (Å²) in [6.07, 6.45) is 6.77. The predicted octanol–water partition coefficient (Wildman–Crippen LogP) is 9.64. The molecule has 0 heteroatoms. The fourth-order valence-corrected chi connectivity index (χ4v) is 6.75. The second-order valence-electron chi connectivity index (χ2n) is 10.8. The van der Waals surface area contributed by atoms with Crippen LogP contribution >= 0.6 is 0 Å². The second kappa shape index (κ2) is 9.40. The van der Waals surface area contributed by atoms with Crippen LogP contribution in [-0.4, -0.2) is 0 Å². The van der Waals surface area contributed by atoms with Gasteiger partial charge in [-0.15, -0.1) is 0 Å². The largest absolute Gasteiger partial charge is 0.0613 e. The first-order chi connectivity index (χ1) is 17.6. The summed E-state index contributed by atoms with van der Waals surface area (Å²) < 4.78 is 0. The summed E-state index contributed by atoms with van der Waals surface area (Å²) in [5.41, 5.74) is 17.9. The molecular formula is C36H38. The van der Waals surface area contributed by atoms with Crippen LogP contribution in [0.3, 0.4) is 0 Å². The Bertz CT molecular complexity index is 1220. The van der Waals surface area contributed by atoms with Gasteiger partial charge in [-0.25, -0.2) is 0 Å². The van der Waals surface area contributed by atoms with Crippen LogP contribution in [0, 0.1) is 0 Å². The summed E-state index contributed by atoms with van der Waals surface area (Å²) in [5, 5.41) is 0. The van der Waals surface area contributed by atoms with Gasteiger partial charge < -0.3 is 0 Å². The highest BCUT2D eigenvalue weighted by atomic mass is 14.4. The minimum absolute atomic E-state index is 0.490. The Morgan fingerprint density at radius 1 is 0.389 bits per heavy atom. The van der Waals surface area contributed by atoms with Crippen molar-refractivity contribution in [2.45, 2.75) is 78.1 Å². The van der Waals surface area contributed by atoms with E-state index in [1.165, 1.54) is 57.3 Å². The molecule has 0 unspecified atom stereocenters. The fraction of sp³-hybridized carbons (Fsp3) is 0.333. The Balaban J connectivity index is 1.41. The standard InChI is InChI=1S/C36H38/c1-5-23-9-13-27-28-14-10-24(6-2)20-34(28)31(33(27)19-23)17-18-32-35-21-25(7-3)11-15-29(35)30-16-12-26(8-4)22-36(30)32/h9-16,19-22,31-32H,5-8,17-18H2,1-4H3. The Morgan fingerprint density at radius 2 is 0.639 bits per heavy atom. The van der Waals surface area contributed by atoms with Crippen LogP contribution < -0.4 is 0 Å². The van der Waals surface area contributed by atoms with E-state index in [1.807, 2.05) is 0 Å². The Hall–Kier alpha value is -3.12. The van der Waals surface area contributed by atoms with Crippen LogP contribution in [0.1, 0.15) is 96.9 Å². The smallest absolute Gasteiger partial charge is 0.0102 e. The van der Waals surface area contributed by atoms with Crippen LogP contribution in [0.2, 0.25) is 0 Å². The molecule has 0 amide bonds. The summed E-state index contributed by atoms with van der Waals surface area (Å²) in [6.45, 7) is 9.10. The van der Waals surface area contributed by atoms with Crippen LogP contribution in [0.15, 0.2) is 72.8 Å². The van der Waals surface area contributed by atoms with Crippen molar-refractivity contribution >= 4 is 0 Å². The maximum absolute atomic E-state index is 2.51. The molecule has 4 aromatic rings. The number of benzene rings is 4. The highest BCUT2D eigenvalue weighted by Gasteiger charge is 2.33. The van der Waals surface area contributed by atoms with Crippen LogP contribution in [-0.2, 0) is 25.7 Å². The van der Waals surface area contributed by atoms with E-state index in [1.54, 1.807) is 22.3 Å². The summed E-state index contributed by atoms with van der Waals surface area (Å²) in [7, 11) is 0. The van der Waals surface area contributed by atoms with Crippen molar-refractivity contribution in [3.05, 3.63) is 117 Å². The van der Waals surface area contributed by atoms with E-state index in [4.69, 9.17) is 0 Å². The van der Waals surface area contributed by atoms with Crippen molar-refractivity contribution in [1.29, 1.82) is 0 Å². The van der Waals surface area contributed by atoms with E-state index in [0.717, 1.165) is 25.7 Å². The molecule has 0 atom stereocenters. The summed E-state index contributed by atoms with van der Waals surface area (Å²) in [4.78, 5) is 0. The summed E-state index contributed by atoms with van der Waals surface area (Å²) in [5.74, 6) is 0.980. The molecule has 2 aliphatic carbocycles. The molecule has 0 heterocycles. The quantitative estimate of drug-likeness (QED) is 0.252. The first kappa shape index (κ1) is 23.3. The highest BCUT2D eigenvalue weighted by molar-refractivity contribution is 5.81. The normalized spacial score (nSPS) is 14.0. The molecule has 4 aromatic carbocycles. The molecule has 182 valence electrons. The lowest BCUT2D eigenvalue weighted by Gasteiger charge is -2.20. The van der Waals surface area contributed by atoms with Crippen LogP contribution in [0.5, 0.6) is 0 Å². The van der Waals surface area contributed by atoms with Crippen molar-refractivity contribution in [3.63, 3.8) is 0 Å². The number of hydrogen-bond donors (Lipinski definition) is 0. The molecular weight excluding hydrogens is 432 g/mol. The first-order valence-electron chi connectivity index (χ1n) is 14.2. The molecule has 0 N–H and O–H groups in total. The Kier molecular flexibility index (Phi) is 6.08. The highest BCUT2D eigenvalue weighted by Crippen LogP contribution is 2.52. The Labute approximate surface area is 217 Å². The van der Waals surface area contributed by atoms with Crippen molar-refractivity contribution < 1.29 is 0 Å². The van der Waals surface area contributed by atoms with Crippen molar-refractivity contribution in [3.8, 4) is 22.3 Å². The van der Waals surface area contributed by atoms with Crippen molar-refractivity contribution in [2.75, 3.05) is 0 Å². The van der Waals surface area contributed by atoms with Gasteiger partial charge in [-0.2, -0.15) is 0 Å². The van der Waals surface area contributed by atoms with Crippen LogP contribution in [0.25, 0.3) is 22.3 Å². The average molecular weight is 471 g/mol. The lowest BCUT2D eigenvalue weighted by Crippen LogP contribution is -2.04. The number of rotatable bonds is 7. The molecule has 0 saturated heterocycles. The van der Waals surface area contributed by atoms with E-state index < -0.39 is 0 Å². The molecule has 0 spiro atoms. The zero-order chi connectivity index (χ0) is 24.8. The number of fused-ring (bicyclic) bond motifs is 6. The average Bonchev–Trinajstić information content (AvgIpc) is 3.41. The van der Waals surface area contributed by atoms with Gasteiger partial charge in [0.15, 0.2) is 0 Å². The maximum atomic E-state index is 2.51. The zero-order valence-corrected chi connectivity index (χ0v) is 22.3. The molecule has 0 saturated carbocycles. The lowest BCUT2D eigenvalue weighted by atomic mass is 9.84. The Morgan fingerprint density at radius 3 is 0.861 bits per heavy atom. The van der Waals surface area contributed by atoms with Gasteiger partial charge in [-0.05, 0) is 105 Å². The van der Waals surface area contributed by atoms with Gasteiger partial charge in [0.2, 0.25) is 0 Å². The third-order valence-electron chi connectivity index (χ3n) is 8.92. The van der Waals surface area contributed by atoms with Crippen molar-refractivity contribution in [1.82, 2.24) is 0 Å². The van der Waals surface area contributed by atoms with E-state index >= 15 is 0 Å². The minimum atomic E-state index is 0.490. The van der Waals surface area contributed by atoms with E-state index in [9.17, 15) is 0 Å². The molecule has 6 rings (SSSR count). The van der Waals surface area contributed by atoms with Gasteiger partial charge in [-0.1, -0.05) is 100 Å². The van der Waals surface area contributed by atoms with E-state index in [2.05, 4.69) is 100 Å². The van der Waals surface area contributed by atoms with Gasteiger partial charge in [0.05, 0.1) is 0 Å². The van der Waals surface area contributed by atoms with E-state index in [-0.39, 0.29) is 0 Å². The first-order valence-corrected chi connectivity index (χ1v) is 14.2. The zero-order valence-electron chi connectivity index (χ0n) is 22.3. The maximum Gasteiger partial charge on any atom is 0.0102 e. The monoisotopic (exact) mass is 470 g/mol. The molecule has 0 aliphatic heterocycles. The topological polar surface area (TPSA) is 0 Å². The third kappa shape index (κ3) is 3.74. The second-order valence-corrected chi connectivity index (χ2v) is 10.8. The summed E-state index contributed by atoms with van der Waals surface area (Å²) >= 11 is 0. The molecule has 0 nitrogen and oxygen atoms in total. The number of aryl methyl sites for hydroxylation is 4. The molecule has 0 fully saturated rings. The fourth-order valence-electron chi connectivity index (χ4n) is 6.75. The van der Waals surface area contributed by atoms with Crippen LogP contribution in [0.4, 0.5) is 0 Å². The lowest BCUT2D eigenvalue weighted by molar-refractivity contribution is 0.624. The van der Waals surface area contributed by atoms with Gasteiger partial charge in [0.1, 0.15) is 0 Å². The SMILES string of the molecule is CCc1ccc2c(c1)C(CCC1c3cc(CC)ccc3-c3ccc(CC)cc31)c1cc(CC)ccc1-2. The van der Waals surface area contributed by atoms with Gasteiger partial charge in [-0.3, -0.25) is 0 Å². The third-order valence-corrected chi connectivity index (χ3v) is 8.92. The molecule has 0 aromatic heterocycles. The minimum Gasteiger partial charge on any atom is -0.0613 e.